The Morgan fingerprint density at radius 1 is 1.42 bits per heavy atom. The van der Waals surface area contributed by atoms with Crippen molar-refractivity contribution in [2.45, 2.75) is 19.0 Å². The van der Waals surface area contributed by atoms with E-state index in [9.17, 15) is 14.4 Å². The van der Waals surface area contributed by atoms with Crippen molar-refractivity contribution in [1.29, 1.82) is 0 Å². The summed E-state index contributed by atoms with van der Waals surface area (Å²) in [6, 6.07) is -2.00. The van der Waals surface area contributed by atoms with Gasteiger partial charge < -0.3 is 26.0 Å². The Morgan fingerprint density at radius 2 is 2.16 bits per heavy atom. The number of primary amides is 1. The second kappa shape index (κ2) is 6.99. The lowest BCUT2D eigenvalue weighted by molar-refractivity contribution is -0.140. The summed E-state index contributed by atoms with van der Waals surface area (Å²) < 4.78 is 1.75. The summed E-state index contributed by atoms with van der Waals surface area (Å²) in [5.74, 6) is -2.12. The second-order valence-electron chi connectivity index (χ2n) is 3.76. The molecule has 19 heavy (non-hydrogen) atoms. The number of carboxylic acids is 1. The number of carbonyl (C=O) groups is 3. The molecule has 104 valence electrons. The van der Waals surface area contributed by atoms with E-state index in [2.05, 4.69) is 15.6 Å². The van der Waals surface area contributed by atoms with Crippen molar-refractivity contribution in [2.75, 3.05) is 6.54 Å². The molecule has 9 nitrogen and oxygen atoms in total. The van der Waals surface area contributed by atoms with Crippen molar-refractivity contribution in [3.05, 3.63) is 18.7 Å². The summed E-state index contributed by atoms with van der Waals surface area (Å²) in [7, 11) is 0. The Balaban J connectivity index is 2.32. The van der Waals surface area contributed by atoms with Gasteiger partial charge in [0.2, 0.25) is 5.91 Å². The van der Waals surface area contributed by atoms with Crippen molar-refractivity contribution >= 4 is 17.9 Å². The lowest BCUT2D eigenvalue weighted by Crippen LogP contribution is -2.48. The SMILES string of the molecule is NC(=O)C[C@H](NC(=O)NCCn1ccnc1)C(=O)O. The van der Waals surface area contributed by atoms with Crippen LogP contribution < -0.4 is 16.4 Å². The number of imidazole rings is 1. The zero-order chi connectivity index (χ0) is 14.3. The maximum atomic E-state index is 11.4. The predicted molar refractivity (Wildman–Crippen MR) is 64.0 cm³/mol. The fraction of sp³-hybridized carbons (Fsp3) is 0.400. The maximum Gasteiger partial charge on any atom is 0.326 e. The number of nitrogens with zero attached hydrogens (tertiary/aromatic N) is 2. The normalized spacial score (nSPS) is 11.6. The first-order chi connectivity index (χ1) is 8.99. The molecule has 0 aliphatic carbocycles. The first-order valence-corrected chi connectivity index (χ1v) is 5.50. The van der Waals surface area contributed by atoms with Crippen molar-refractivity contribution in [3.63, 3.8) is 0 Å². The van der Waals surface area contributed by atoms with Crippen LogP contribution in [-0.2, 0) is 16.1 Å². The number of nitrogens with one attached hydrogen (secondary N) is 2. The first-order valence-electron chi connectivity index (χ1n) is 5.50. The van der Waals surface area contributed by atoms with E-state index in [4.69, 9.17) is 10.8 Å². The lowest BCUT2D eigenvalue weighted by atomic mass is 10.2. The number of aromatic nitrogens is 2. The minimum atomic E-state index is -1.33. The van der Waals surface area contributed by atoms with Crippen LogP contribution >= 0.6 is 0 Å². The molecule has 1 aromatic rings. The molecular weight excluding hydrogens is 254 g/mol. The van der Waals surface area contributed by atoms with Gasteiger partial charge in [0.15, 0.2) is 0 Å². The van der Waals surface area contributed by atoms with Crippen LogP contribution in [0.5, 0.6) is 0 Å². The van der Waals surface area contributed by atoms with Gasteiger partial charge in [-0.05, 0) is 0 Å². The number of amides is 3. The fourth-order valence-electron chi connectivity index (χ4n) is 1.33. The van der Waals surface area contributed by atoms with Gasteiger partial charge in [-0.3, -0.25) is 4.79 Å². The van der Waals surface area contributed by atoms with Crippen molar-refractivity contribution in [3.8, 4) is 0 Å². The van der Waals surface area contributed by atoms with Crippen LogP contribution in [0.4, 0.5) is 4.79 Å². The van der Waals surface area contributed by atoms with Gasteiger partial charge in [0.1, 0.15) is 6.04 Å². The van der Waals surface area contributed by atoms with E-state index in [1.54, 1.807) is 23.3 Å². The number of carboxylic acid groups (broad SMARTS) is 1. The van der Waals surface area contributed by atoms with Gasteiger partial charge in [-0.25, -0.2) is 14.6 Å². The van der Waals surface area contributed by atoms with Crippen LogP contribution in [0.1, 0.15) is 6.42 Å². The first kappa shape index (κ1) is 14.5. The van der Waals surface area contributed by atoms with E-state index in [0.717, 1.165) is 0 Å². The summed E-state index contributed by atoms with van der Waals surface area (Å²) in [6.45, 7) is 0.798. The van der Waals surface area contributed by atoms with Gasteiger partial charge >= 0.3 is 12.0 Å². The molecule has 0 aromatic carbocycles. The van der Waals surface area contributed by atoms with Gasteiger partial charge in [0.05, 0.1) is 12.7 Å². The molecular formula is C10H15N5O4. The number of urea groups is 1. The molecule has 1 atom stereocenters. The number of nitrogens with two attached hydrogens (primary N) is 1. The summed E-state index contributed by atoms with van der Waals surface area (Å²) in [6.07, 6.45) is 4.47. The molecule has 0 bridgehead atoms. The molecule has 3 amide bonds. The van der Waals surface area contributed by atoms with Crippen LogP contribution in [0.2, 0.25) is 0 Å². The highest BCUT2D eigenvalue weighted by molar-refractivity contribution is 5.87. The summed E-state index contributed by atoms with van der Waals surface area (Å²) in [5.41, 5.74) is 4.89. The van der Waals surface area contributed by atoms with Gasteiger partial charge in [0, 0.05) is 25.5 Å². The Kier molecular flexibility index (Phi) is 5.33. The Labute approximate surface area is 108 Å². The zero-order valence-electron chi connectivity index (χ0n) is 10.1. The molecule has 0 fully saturated rings. The molecule has 0 aliphatic rings. The number of hydrogen-bond donors (Lipinski definition) is 4. The van der Waals surface area contributed by atoms with E-state index >= 15 is 0 Å². The van der Waals surface area contributed by atoms with Crippen molar-refractivity contribution in [2.24, 2.45) is 5.73 Å². The van der Waals surface area contributed by atoms with Gasteiger partial charge in [-0.2, -0.15) is 0 Å². The third-order valence-electron chi connectivity index (χ3n) is 2.22. The van der Waals surface area contributed by atoms with Crippen molar-refractivity contribution in [1.82, 2.24) is 20.2 Å². The number of hydrogen-bond acceptors (Lipinski definition) is 4. The molecule has 0 unspecified atom stereocenters. The Morgan fingerprint density at radius 3 is 2.68 bits per heavy atom. The standard InChI is InChI=1S/C10H15N5O4/c11-8(16)5-7(9(17)18)14-10(19)13-2-4-15-3-1-12-6-15/h1,3,6-7H,2,4-5H2,(H2,11,16)(H,17,18)(H2,13,14,19)/t7-/m0/s1. The van der Waals surface area contributed by atoms with E-state index in [1.807, 2.05) is 0 Å². The molecule has 1 rings (SSSR count). The van der Waals surface area contributed by atoms with Gasteiger partial charge in [0.25, 0.3) is 0 Å². The van der Waals surface area contributed by atoms with Crippen molar-refractivity contribution < 1.29 is 19.5 Å². The monoisotopic (exact) mass is 269 g/mol. The lowest BCUT2D eigenvalue weighted by Gasteiger charge is -2.13. The van der Waals surface area contributed by atoms with Crippen LogP contribution in [-0.4, -0.2) is 45.2 Å². The van der Waals surface area contributed by atoms with E-state index in [1.165, 1.54) is 0 Å². The van der Waals surface area contributed by atoms with Crippen LogP contribution in [0.25, 0.3) is 0 Å². The average molecular weight is 269 g/mol. The fourth-order valence-corrected chi connectivity index (χ4v) is 1.33. The number of aliphatic carboxylic acids is 1. The van der Waals surface area contributed by atoms with Crippen LogP contribution in [0.15, 0.2) is 18.7 Å². The largest absolute Gasteiger partial charge is 0.480 e. The predicted octanol–water partition coefficient (Wildman–Crippen LogP) is -1.49. The second-order valence-corrected chi connectivity index (χ2v) is 3.76. The summed E-state index contributed by atoms with van der Waals surface area (Å²) in [4.78, 5) is 36.6. The van der Waals surface area contributed by atoms with Gasteiger partial charge in [-0.15, -0.1) is 0 Å². The number of rotatable bonds is 7. The third-order valence-corrected chi connectivity index (χ3v) is 2.22. The highest BCUT2D eigenvalue weighted by Gasteiger charge is 2.21. The molecule has 0 spiro atoms. The minimum Gasteiger partial charge on any atom is -0.480 e. The Hall–Kier alpha value is -2.58. The molecule has 5 N–H and O–H groups in total. The topological polar surface area (TPSA) is 139 Å². The molecule has 1 aromatic heterocycles. The van der Waals surface area contributed by atoms with Crippen LogP contribution in [0, 0.1) is 0 Å². The zero-order valence-corrected chi connectivity index (χ0v) is 10.1. The van der Waals surface area contributed by atoms with E-state index in [0.29, 0.717) is 13.1 Å². The molecule has 9 heteroatoms. The molecule has 0 saturated heterocycles. The molecule has 0 saturated carbocycles. The smallest absolute Gasteiger partial charge is 0.326 e. The third kappa shape index (κ3) is 5.52. The summed E-state index contributed by atoms with van der Waals surface area (Å²) in [5, 5.41) is 13.4. The Bertz CT molecular complexity index is 445. The summed E-state index contributed by atoms with van der Waals surface area (Å²) >= 11 is 0. The van der Waals surface area contributed by atoms with E-state index < -0.39 is 30.4 Å². The highest BCUT2D eigenvalue weighted by atomic mass is 16.4. The number of carbonyl (C=O) groups excluding carboxylic acids is 2. The van der Waals surface area contributed by atoms with Crippen LogP contribution in [0.3, 0.4) is 0 Å². The molecule has 0 radical (unpaired) electrons. The van der Waals surface area contributed by atoms with Gasteiger partial charge in [-0.1, -0.05) is 0 Å². The average Bonchev–Trinajstić information content (AvgIpc) is 2.80. The minimum absolute atomic E-state index is 0.297. The van der Waals surface area contributed by atoms with E-state index in [-0.39, 0.29) is 0 Å². The molecule has 0 aliphatic heterocycles. The molecule has 1 heterocycles. The quantitative estimate of drug-likeness (QED) is 0.477. The maximum absolute atomic E-state index is 11.4. The highest BCUT2D eigenvalue weighted by Crippen LogP contribution is 1.91.